The number of ether oxygens (including phenoxy) is 8. The van der Waals surface area contributed by atoms with Gasteiger partial charge >= 0.3 is 5.97 Å². The van der Waals surface area contributed by atoms with Crippen molar-refractivity contribution in [3.8, 4) is 23.0 Å². The fourth-order valence-corrected chi connectivity index (χ4v) is 11.0. The number of esters is 1. The van der Waals surface area contributed by atoms with Crippen LogP contribution in [0.2, 0.25) is 0 Å². The van der Waals surface area contributed by atoms with Crippen LogP contribution in [0.15, 0.2) is 71.7 Å². The molecule has 0 radical (unpaired) electrons. The Kier molecular flexibility index (Phi) is 15.9. The third kappa shape index (κ3) is 10.9. The number of amides is 2. The molecule has 4 aromatic carbocycles. The molecule has 2 fully saturated rings. The van der Waals surface area contributed by atoms with E-state index in [1.807, 2.05) is 54.6 Å². The fourth-order valence-electron chi connectivity index (χ4n) is 11.0. The molecule has 1 aliphatic carbocycles. The summed E-state index contributed by atoms with van der Waals surface area (Å²) in [5.41, 5.74) is 7.06. The van der Waals surface area contributed by atoms with Crippen LogP contribution >= 0.6 is 0 Å². The number of carbonyl (C=O) groups is 3. The normalized spacial score (nSPS) is 19.7. The number of rotatable bonds is 22. The zero-order chi connectivity index (χ0) is 49.4. The molecule has 0 spiro atoms. The summed E-state index contributed by atoms with van der Waals surface area (Å²) in [7, 11) is 8.20. The van der Waals surface area contributed by atoms with Gasteiger partial charge in [-0.3, -0.25) is 19.4 Å². The molecule has 2 unspecified atom stereocenters. The van der Waals surface area contributed by atoms with Gasteiger partial charge in [-0.05, 0) is 91.1 Å². The van der Waals surface area contributed by atoms with Crippen LogP contribution < -0.4 is 33.6 Å². The molecule has 4 atom stereocenters. The van der Waals surface area contributed by atoms with Gasteiger partial charge in [0.25, 0.3) is 11.8 Å². The highest BCUT2D eigenvalue weighted by Gasteiger charge is 2.46. The van der Waals surface area contributed by atoms with E-state index in [0.717, 1.165) is 60.3 Å². The zero-order valence-electron chi connectivity index (χ0n) is 41.7. The van der Waals surface area contributed by atoms with Crippen molar-refractivity contribution in [1.29, 1.82) is 0 Å². The maximum atomic E-state index is 14.3. The number of nitrogens with zero attached hydrogens (tertiary/aromatic N) is 5. The summed E-state index contributed by atoms with van der Waals surface area (Å²) in [6.45, 7) is 4.28. The minimum Gasteiger partial charge on any atom is -0.493 e. The first-order valence-electron chi connectivity index (χ1n) is 25.0. The van der Waals surface area contributed by atoms with Crippen molar-refractivity contribution >= 4 is 46.7 Å². The number of aliphatic imine (C=N–C) groups is 1. The Morgan fingerprint density at radius 1 is 0.746 bits per heavy atom. The van der Waals surface area contributed by atoms with Crippen LogP contribution in [-0.4, -0.2) is 135 Å². The standard InChI is InChI=1S/C55H67N5O11/c1-57-33-42-27-39-12-7-9-14-47(39)60(42)55(63)44-29-50(66-4)52(31-48(44)57)71-35-37-23-36(24-40(25-37)58(16-10-15-53(61)67-5)17-18-68-21-22-69-20-19-64-2)34-70-51-30-45-43(28-49(51)65-3)54(62)59-41(32-56-45)26-38-11-6-8-13-46(38)59/h7,9,12,14,23-25,28-32,38,41-42,46H,6,8,10-11,13,15-22,26-27,33-35H2,1-5H3/t38?,41-,42-,46?/m0/s1. The summed E-state index contributed by atoms with van der Waals surface area (Å²) in [5, 5.41) is 0. The molecule has 0 N–H and O–H groups in total. The van der Waals surface area contributed by atoms with Crippen LogP contribution in [0.4, 0.5) is 22.7 Å². The van der Waals surface area contributed by atoms with Gasteiger partial charge in [-0.2, -0.15) is 0 Å². The van der Waals surface area contributed by atoms with E-state index in [1.54, 1.807) is 33.5 Å². The molecule has 9 rings (SSSR count). The number of benzene rings is 4. The van der Waals surface area contributed by atoms with Gasteiger partial charge in [-0.1, -0.05) is 31.0 Å². The number of para-hydroxylation sites is 1. The summed E-state index contributed by atoms with van der Waals surface area (Å²) in [4.78, 5) is 54.0. The second-order valence-corrected chi connectivity index (χ2v) is 19.0. The molecule has 4 aromatic rings. The SMILES string of the molecule is COCCOCCOCCN(CCCC(=O)OC)c1cc(COc2cc3c(cc2OC)C(=O)N2C4CCCCC4C[C@H]2C=N3)cc(COc2cc3c(cc2OC)C(=O)N2c4ccccc4C[C@H]2CN3C)c1. The van der Waals surface area contributed by atoms with Crippen molar-refractivity contribution < 1.29 is 52.3 Å². The van der Waals surface area contributed by atoms with Gasteiger partial charge in [-0.15, -0.1) is 0 Å². The summed E-state index contributed by atoms with van der Waals surface area (Å²) in [6, 6.07) is 21.7. The summed E-state index contributed by atoms with van der Waals surface area (Å²) in [5.74, 6) is 2.00. The summed E-state index contributed by atoms with van der Waals surface area (Å²) in [6.07, 6.45) is 8.99. The number of methoxy groups -OCH3 is 4. The van der Waals surface area contributed by atoms with E-state index in [2.05, 4.69) is 32.9 Å². The van der Waals surface area contributed by atoms with E-state index < -0.39 is 0 Å². The van der Waals surface area contributed by atoms with Gasteiger partial charge < -0.3 is 57.5 Å². The van der Waals surface area contributed by atoms with Crippen LogP contribution in [-0.2, 0) is 43.4 Å². The molecule has 2 amide bonds. The first-order chi connectivity index (χ1) is 34.7. The van der Waals surface area contributed by atoms with Gasteiger partial charge in [0.05, 0.1) is 88.9 Å². The van der Waals surface area contributed by atoms with Crippen LogP contribution in [0.1, 0.15) is 82.4 Å². The molecular weight excluding hydrogens is 907 g/mol. The van der Waals surface area contributed by atoms with Gasteiger partial charge in [0, 0.05) is 76.0 Å². The number of fused-ring (bicyclic) bond motifs is 8. The molecule has 5 aliphatic rings. The maximum absolute atomic E-state index is 14.3. The van der Waals surface area contributed by atoms with E-state index in [0.29, 0.717) is 105 Å². The van der Waals surface area contributed by atoms with Gasteiger partial charge in [-0.25, -0.2) is 0 Å². The van der Waals surface area contributed by atoms with E-state index in [4.69, 9.17) is 42.9 Å². The molecule has 4 aliphatic heterocycles. The molecule has 71 heavy (non-hydrogen) atoms. The molecular formula is C55H67N5O11. The lowest BCUT2D eigenvalue weighted by Crippen LogP contribution is -2.43. The number of likely N-dealkylation sites (N-methyl/N-ethyl adjacent to an activating group) is 1. The van der Waals surface area contributed by atoms with Crippen LogP contribution in [0.5, 0.6) is 23.0 Å². The number of anilines is 3. The van der Waals surface area contributed by atoms with E-state index in [-0.39, 0.29) is 55.5 Å². The molecule has 0 aromatic heterocycles. The van der Waals surface area contributed by atoms with E-state index >= 15 is 0 Å². The Morgan fingerprint density at radius 2 is 1.45 bits per heavy atom. The predicted octanol–water partition coefficient (Wildman–Crippen LogP) is 7.81. The third-order valence-corrected chi connectivity index (χ3v) is 14.5. The lowest BCUT2D eigenvalue weighted by atomic mass is 9.84. The molecule has 1 saturated heterocycles. The average Bonchev–Trinajstić information content (AvgIpc) is 3.89. The van der Waals surface area contributed by atoms with Crippen molar-refractivity contribution in [2.45, 2.75) is 82.7 Å². The van der Waals surface area contributed by atoms with Crippen molar-refractivity contribution in [2.24, 2.45) is 10.9 Å². The van der Waals surface area contributed by atoms with Crippen LogP contribution in [0, 0.1) is 5.92 Å². The Balaban J connectivity index is 0.991. The topological polar surface area (TPSA) is 150 Å². The largest absolute Gasteiger partial charge is 0.493 e. The van der Waals surface area contributed by atoms with Crippen molar-refractivity contribution in [3.05, 3.63) is 94.5 Å². The fraction of sp³-hybridized carbons (Fsp3) is 0.491. The summed E-state index contributed by atoms with van der Waals surface area (Å²) >= 11 is 0. The van der Waals surface area contributed by atoms with Gasteiger partial charge in [0.2, 0.25) is 0 Å². The molecule has 16 heteroatoms. The quantitative estimate of drug-likeness (QED) is 0.0557. The summed E-state index contributed by atoms with van der Waals surface area (Å²) < 4.78 is 46.7. The zero-order valence-corrected chi connectivity index (χ0v) is 41.7. The van der Waals surface area contributed by atoms with Crippen LogP contribution in [0.25, 0.3) is 0 Å². The predicted molar refractivity (Wildman–Crippen MR) is 271 cm³/mol. The first-order valence-corrected chi connectivity index (χ1v) is 25.0. The minimum atomic E-state index is -0.280. The van der Waals surface area contributed by atoms with Crippen molar-refractivity contribution in [3.63, 3.8) is 0 Å². The smallest absolute Gasteiger partial charge is 0.305 e. The molecule has 378 valence electrons. The van der Waals surface area contributed by atoms with Gasteiger partial charge in [0.15, 0.2) is 23.0 Å². The number of hydrogen-bond acceptors (Lipinski definition) is 14. The third-order valence-electron chi connectivity index (χ3n) is 14.5. The molecule has 1 saturated carbocycles. The monoisotopic (exact) mass is 973 g/mol. The highest BCUT2D eigenvalue weighted by molar-refractivity contribution is 6.12. The second kappa shape index (κ2) is 22.8. The van der Waals surface area contributed by atoms with E-state index in [9.17, 15) is 14.4 Å². The van der Waals surface area contributed by atoms with E-state index in [1.165, 1.54) is 19.1 Å². The molecule has 16 nitrogen and oxygen atoms in total. The van der Waals surface area contributed by atoms with Crippen molar-refractivity contribution in [1.82, 2.24) is 4.90 Å². The highest BCUT2D eigenvalue weighted by atomic mass is 16.5. The van der Waals surface area contributed by atoms with Gasteiger partial charge in [0.1, 0.15) is 13.2 Å². The average molecular weight is 974 g/mol. The van der Waals surface area contributed by atoms with Crippen molar-refractivity contribution in [2.75, 3.05) is 103 Å². The maximum Gasteiger partial charge on any atom is 0.305 e. The second-order valence-electron chi connectivity index (χ2n) is 19.0. The molecule has 0 bridgehead atoms. The lowest BCUT2D eigenvalue weighted by molar-refractivity contribution is -0.140. The Labute approximate surface area is 416 Å². The lowest BCUT2D eigenvalue weighted by Gasteiger charge is -2.32. The number of hydrogen-bond donors (Lipinski definition) is 0. The highest BCUT2D eigenvalue weighted by Crippen LogP contribution is 2.45. The molecule has 4 heterocycles. The Bertz CT molecular complexity index is 2590. The Hall–Kier alpha value is -6.36. The Morgan fingerprint density at radius 3 is 2.20 bits per heavy atom. The minimum absolute atomic E-state index is 0.00528. The first kappa shape index (κ1) is 49.6. The number of carbonyl (C=O) groups excluding carboxylic acids is 3. The van der Waals surface area contributed by atoms with Crippen LogP contribution in [0.3, 0.4) is 0 Å².